The lowest BCUT2D eigenvalue weighted by Crippen LogP contribution is -2.22. The van der Waals surface area contributed by atoms with Crippen LogP contribution in [0.15, 0.2) is 18.3 Å². The summed E-state index contributed by atoms with van der Waals surface area (Å²) in [6.45, 7) is 3.89. The SMILES string of the molecule is CC(C)Oc1ccc(C(=O)N(C)C)nc1. The molecule has 0 fully saturated rings. The van der Waals surface area contributed by atoms with E-state index in [-0.39, 0.29) is 12.0 Å². The van der Waals surface area contributed by atoms with Gasteiger partial charge in [0.2, 0.25) is 0 Å². The van der Waals surface area contributed by atoms with Gasteiger partial charge in [-0.25, -0.2) is 4.98 Å². The summed E-state index contributed by atoms with van der Waals surface area (Å²) in [6, 6.07) is 3.42. The van der Waals surface area contributed by atoms with Crippen LogP contribution in [-0.2, 0) is 0 Å². The molecular weight excluding hydrogens is 192 g/mol. The number of hydrogen-bond acceptors (Lipinski definition) is 3. The van der Waals surface area contributed by atoms with Crippen LogP contribution in [0.5, 0.6) is 5.75 Å². The molecule has 1 rings (SSSR count). The second-order valence-electron chi connectivity index (χ2n) is 3.75. The monoisotopic (exact) mass is 208 g/mol. The molecule has 0 unspecified atom stereocenters. The summed E-state index contributed by atoms with van der Waals surface area (Å²) >= 11 is 0. The third-order valence-corrected chi connectivity index (χ3v) is 1.73. The van der Waals surface area contributed by atoms with E-state index in [0.29, 0.717) is 11.4 Å². The first-order valence-corrected chi connectivity index (χ1v) is 4.85. The average Bonchev–Trinajstić information content (AvgIpc) is 2.17. The number of aromatic nitrogens is 1. The van der Waals surface area contributed by atoms with Crippen molar-refractivity contribution in [2.75, 3.05) is 14.1 Å². The van der Waals surface area contributed by atoms with Crippen molar-refractivity contribution in [1.29, 1.82) is 0 Å². The van der Waals surface area contributed by atoms with Gasteiger partial charge < -0.3 is 9.64 Å². The van der Waals surface area contributed by atoms with Crippen LogP contribution >= 0.6 is 0 Å². The molecule has 0 bridgehead atoms. The third-order valence-electron chi connectivity index (χ3n) is 1.73. The minimum absolute atomic E-state index is 0.105. The maximum Gasteiger partial charge on any atom is 0.271 e. The predicted molar refractivity (Wildman–Crippen MR) is 58.0 cm³/mol. The summed E-state index contributed by atoms with van der Waals surface area (Å²) in [5.74, 6) is 0.575. The molecule has 0 spiro atoms. The summed E-state index contributed by atoms with van der Waals surface area (Å²) < 4.78 is 5.42. The van der Waals surface area contributed by atoms with Crippen molar-refractivity contribution in [3.8, 4) is 5.75 Å². The Balaban J connectivity index is 2.76. The van der Waals surface area contributed by atoms with Crippen LogP contribution in [-0.4, -0.2) is 36.0 Å². The predicted octanol–water partition coefficient (Wildman–Crippen LogP) is 1.57. The Bertz CT molecular complexity index is 331. The molecule has 0 saturated carbocycles. The Morgan fingerprint density at radius 3 is 2.47 bits per heavy atom. The number of hydrogen-bond donors (Lipinski definition) is 0. The number of rotatable bonds is 3. The van der Waals surface area contributed by atoms with Crippen molar-refractivity contribution in [2.24, 2.45) is 0 Å². The van der Waals surface area contributed by atoms with E-state index in [1.54, 1.807) is 32.4 Å². The molecule has 1 aromatic rings. The zero-order valence-electron chi connectivity index (χ0n) is 9.52. The zero-order chi connectivity index (χ0) is 11.4. The second kappa shape index (κ2) is 4.77. The van der Waals surface area contributed by atoms with E-state index in [2.05, 4.69) is 4.98 Å². The topological polar surface area (TPSA) is 42.4 Å². The summed E-state index contributed by atoms with van der Waals surface area (Å²) in [5, 5.41) is 0. The first-order chi connectivity index (χ1) is 7.00. The number of ether oxygens (including phenoxy) is 1. The largest absolute Gasteiger partial charge is 0.489 e. The molecule has 15 heavy (non-hydrogen) atoms. The summed E-state index contributed by atoms with van der Waals surface area (Å²) in [5.41, 5.74) is 0.427. The van der Waals surface area contributed by atoms with Crippen LogP contribution in [0, 0.1) is 0 Å². The lowest BCUT2D eigenvalue weighted by Gasteiger charge is -2.11. The van der Waals surface area contributed by atoms with Crippen molar-refractivity contribution in [3.63, 3.8) is 0 Å². The van der Waals surface area contributed by atoms with E-state index in [4.69, 9.17) is 4.74 Å². The molecule has 0 aliphatic heterocycles. The molecule has 1 amide bonds. The normalized spacial score (nSPS) is 10.2. The molecule has 0 saturated heterocycles. The number of nitrogens with zero attached hydrogens (tertiary/aromatic N) is 2. The van der Waals surface area contributed by atoms with Gasteiger partial charge in [-0.3, -0.25) is 4.79 Å². The average molecular weight is 208 g/mol. The lowest BCUT2D eigenvalue weighted by molar-refractivity contribution is 0.0822. The summed E-state index contributed by atoms with van der Waals surface area (Å²) in [6.07, 6.45) is 1.68. The molecule has 1 aromatic heterocycles. The fourth-order valence-electron chi connectivity index (χ4n) is 1.08. The first kappa shape index (κ1) is 11.5. The highest BCUT2D eigenvalue weighted by molar-refractivity contribution is 5.91. The Labute approximate surface area is 89.9 Å². The van der Waals surface area contributed by atoms with E-state index in [0.717, 1.165) is 0 Å². The molecule has 0 aliphatic rings. The first-order valence-electron chi connectivity index (χ1n) is 4.85. The van der Waals surface area contributed by atoms with Crippen LogP contribution in [0.2, 0.25) is 0 Å². The minimum Gasteiger partial charge on any atom is -0.489 e. The molecular formula is C11H16N2O2. The maximum absolute atomic E-state index is 11.5. The molecule has 4 nitrogen and oxygen atoms in total. The Morgan fingerprint density at radius 1 is 1.40 bits per heavy atom. The highest BCUT2D eigenvalue weighted by Gasteiger charge is 2.09. The van der Waals surface area contributed by atoms with Gasteiger partial charge >= 0.3 is 0 Å². The van der Waals surface area contributed by atoms with E-state index in [9.17, 15) is 4.79 Å². The number of carbonyl (C=O) groups excluding carboxylic acids is 1. The van der Waals surface area contributed by atoms with Crippen molar-refractivity contribution in [2.45, 2.75) is 20.0 Å². The maximum atomic E-state index is 11.5. The van der Waals surface area contributed by atoms with Crippen LogP contribution in [0.25, 0.3) is 0 Å². The fraction of sp³-hybridized carbons (Fsp3) is 0.455. The zero-order valence-corrected chi connectivity index (χ0v) is 9.52. The highest BCUT2D eigenvalue weighted by Crippen LogP contribution is 2.11. The second-order valence-corrected chi connectivity index (χ2v) is 3.75. The van der Waals surface area contributed by atoms with Gasteiger partial charge in [-0.1, -0.05) is 0 Å². The van der Waals surface area contributed by atoms with Gasteiger partial charge in [0, 0.05) is 14.1 Å². The quantitative estimate of drug-likeness (QED) is 0.757. The van der Waals surface area contributed by atoms with Gasteiger partial charge in [-0.2, -0.15) is 0 Å². The van der Waals surface area contributed by atoms with E-state index < -0.39 is 0 Å². The van der Waals surface area contributed by atoms with Gasteiger partial charge in [0.05, 0.1) is 12.3 Å². The van der Waals surface area contributed by atoms with Crippen LogP contribution < -0.4 is 4.74 Å². The molecule has 1 heterocycles. The Kier molecular flexibility index (Phi) is 3.66. The van der Waals surface area contributed by atoms with Gasteiger partial charge in [0.1, 0.15) is 11.4 Å². The van der Waals surface area contributed by atoms with Crippen molar-refractivity contribution in [1.82, 2.24) is 9.88 Å². The molecule has 0 aromatic carbocycles. The van der Waals surface area contributed by atoms with E-state index >= 15 is 0 Å². The molecule has 0 aliphatic carbocycles. The third kappa shape index (κ3) is 3.23. The summed E-state index contributed by atoms with van der Waals surface area (Å²) in [7, 11) is 3.39. The van der Waals surface area contributed by atoms with Gasteiger partial charge in [0.25, 0.3) is 5.91 Å². The minimum atomic E-state index is -0.105. The van der Waals surface area contributed by atoms with Crippen LogP contribution in [0.4, 0.5) is 0 Å². The molecule has 0 radical (unpaired) electrons. The molecule has 4 heteroatoms. The standard InChI is InChI=1S/C11H16N2O2/c1-8(2)15-9-5-6-10(12-7-9)11(14)13(3)4/h5-8H,1-4H3. The number of pyridine rings is 1. The highest BCUT2D eigenvalue weighted by atomic mass is 16.5. The summed E-state index contributed by atoms with van der Waals surface area (Å²) in [4.78, 5) is 17.0. The molecule has 82 valence electrons. The lowest BCUT2D eigenvalue weighted by atomic mass is 10.3. The molecule has 0 atom stereocenters. The fourth-order valence-corrected chi connectivity index (χ4v) is 1.08. The Morgan fingerprint density at radius 2 is 2.07 bits per heavy atom. The van der Waals surface area contributed by atoms with Gasteiger partial charge in [-0.15, -0.1) is 0 Å². The van der Waals surface area contributed by atoms with E-state index in [1.807, 2.05) is 13.8 Å². The smallest absolute Gasteiger partial charge is 0.271 e. The van der Waals surface area contributed by atoms with Crippen LogP contribution in [0.3, 0.4) is 0 Å². The van der Waals surface area contributed by atoms with Crippen molar-refractivity contribution in [3.05, 3.63) is 24.0 Å². The van der Waals surface area contributed by atoms with Crippen molar-refractivity contribution < 1.29 is 9.53 Å². The molecule has 0 N–H and O–H groups in total. The van der Waals surface area contributed by atoms with Gasteiger partial charge in [-0.05, 0) is 26.0 Å². The van der Waals surface area contributed by atoms with Gasteiger partial charge in [0.15, 0.2) is 0 Å². The van der Waals surface area contributed by atoms with Crippen LogP contribution in [0.1, 0.15) is 24.3 Å². The Hall–Kier alpha value is -1.58. The number of carbonyl (C=O) groups is 1. The number of amides is 1. The van der Waals surface area contributed by atoms with Crippen molar-refractivity contribution >= 4 is 5.91 Å². The van der Waals surface area contributed by atoms with E-state index in [1.165, 1.54) is 4.90 Å².